The second-order valence-electron chi connectivity index (χ2n) is 2.54. The summed E-state index contributed by atoms with van der Waals surface area (Å²) in [5.41, 5.74) is -0.0961. The van der Waals surface area contributed by atoms with Gasteiger partial charge >= 0.3 is 5.63 Å². The van der Waals surface area contributed by atoms with Gasteiger partial charge in [0.15, 0.2) is 5.69 Å². The number of hydrogen-bond donors (Lipinski definition) is 2. The Kier molecular flexibility index (Phi) is 2.00. The maximum atomic E-state index is 10.8. The number of H-pyrrole nitrogens is 1. The normalized spacial score (nSPS) is 10.5. The Morgan fingerprint density at radius 3 is 2.73 bits per heavy atom. The molecule has 1 rings (SSSR count). The van der Waals surface area contributed by atoms with E-state index < -0.39 is 5.63 Å². The molecule has 0 aliphatic carbocycles. The Morgan fingerprint density at radius 1 is 1.73 bits per heavy atom. The molecule has 0 unspecified atom stereocenters. The predicted molar refractivity (Wildman–Crippen MR) is 41.1 cm³/mol. The Labute approximate surface area is 63.7 Å². The molecular formula is C6H11N3O2. The molecular weight excluding hydrogens is 146 g/mol. The molecule has 0 radical (unpaired) electrons. The molecule has 0 aliphatic rings. The number of hydrazine groups is 1. The monoisotopic (exact) mass is 157 g/mol. The van der Waals surface area contributed by atoms with E-state index in [9.17, 15) is 4.79 Å². The highest BCUT2D eigenvalue weighted by atomic mass is 16.5. The lowest BCUT2D eigenvalue weighted by Gasteiger charge is -2.18. The van der Waals surface area contributed by atoms with Crippen molar-refractivity contribution in [2.24, 2.45) is 5.84 Å². The average molecular weight is 157 g/mol. The maximum absolute atomic E-state index is 10.8. The molecule has 0 aromatic carbocycles. The number of hydrogen-bond acceptors (Lipinski definition) is 4. The largest absolute Gasteiger partial charge is 0.381 e. The number of anilines is 1. The third kappa shape index (κ3) is 1.43. The summed E-state index contributed by atoms with van der Waals surface area (Å²) in [5.74, 6) is 5.54. The van der Waals surface area contributed by atoms with Gasteiger partial charge in [0.1, 0.15) is 0 Å². The second-order valence-corrected chi connectivity index (χ2v) is 2.54. The highest BCUT2D eigenvalue weighted by molar-refractivity contribution is 5.39. The Morgan fingerprint density at radius 2 is 2.36 bits per heavy atom. The molecule has 0 saturated heterocycles. The summed E-state index contributed by atoms with van der Waals surface area (Å²) in [6.07, 6.45) is 1.43. The van der Waals surface area contributed by atoms with Gasteiger partial charge in [0.2, 0.25) is 0 Å². The van der Waals surface area contributed by atoms with Gasteiger partial charge in [0, 0.05) is 6.04 Å². The van der Waals surface area contributed by atoms with Crippen LogP contribution in [0.25, 0.3) is 0 Å². The fourth-order valence-corrected chi connectivity index (χ4v) is 0.708. The minimum Gasteiger partial charge on any atom is -0.337 e. The molecule has 1 aromatic rings. The van der Waals surface area contributed by atoms with Crippen LogP contribution < -0.4 is 16.5 Å². The van der Waals surface area contributed by atoms with Crippen LogP contribution in [-0.2, 0) is 0 Å². The number of nitrogens with zero attached hydrogens (tertiary/aromatic N) is 1. The fourth-order valence-electron chi connectivity index (χ4n) is 0.708. The van der Waals surface area contributed by atoms with Gasteiger partial charge in [-0.25, -0.2) is 15.8 Å². The van der Waals surface area contributed by atoms with Crippen molar-refractivity contribution in [3.8, 4) is 0 Å². The topological polar surface area (TPSA) is 75.3 Å². The zero-order chi connectivity index (χ0) is 8.43. The van der Waals surface area contributed by atoms with Crippen molar-refractivity contribution >= 4 is 5.69 Å². The van der Waals surface area contributed by atoms with Crippen molar-refractivity contribution in [3.05, 3.63) is 16.6 Å². The van der Waals surface area contributed by atoms with E-state index in [1.54, 1.807) is 0 Å². The molecule has 11 heavy (non-hydrogen) atoms. The van der Waals surface area contributed by atoms with E-state index in [4.69, 9.17) is 5.84 Å². The molecule has 0 saturated carbocycles. The van der Waals surface area contributed by atoms with Gasteiger partial charge in [-0.1, -0.05) is 0 Å². The summed E-state index contributed by atoms with van der Waals surface area (Å²) in [4.78, 5) is 10.8. The van der Waals surface area contributed by atoms with Gasteiger partial charge in [0.25, 0.3) is 0 Å². The lowest BCUT2D eigenvalue weighted by atomic mass is 10.3. The lowest BCUT2D eigenvalue weighted by Crippen LogP contribution is -2.39. The van der Waals surface area contributed by atoms with Crippen LogP contribution in [0, 0.1) is 0 Å². The van der Waals surface area contributed by atoms with E-state index in [-0.39, 0.29) is 6.04 Å². The average Bonchev–Trinajstić information content (AvgIpc) is 2.33. The maximum Gasteiger partial charge on any atom is 0.381 e. The SMILES string of the molecule is CC(C)N(N)c1c[nH]oc1=O. The van der Waals surface area contributed by atoms with Crippen LogP contribution in [0.3, 0.4) is 0 Å². The molecule has 5 nitrogen and oxygen atoms in total. The molecule has 0 spiro atoms. The summed E-state index contributed by atoms with van der Waals surface area (Å²) < 4.78 is 4.43. The quantitative estimate of drug-likeness (QED) is 0.470. The van der Waals surface area contributed by atoms with Gasteiger partial charge in [0.05, 0.1) is 6.20 Å². The van der Waals surface area contributed by atoms with E-state index in [0.717, 1.165) is 0 Å². The molecule has 0 aliphatic heterocycles. The zero-order valence-corrected chi connectivity index (χ0v) is 6.50. The first-order valence-electron chi connectivity index (χ1n) is 3.33. The van der Waals surface area contributed by atoms with Gasteiger partial charge in [-0.15, -0.1) is 0 Å². The highest BCUT2D eigenvalue weighted by Gasteiger charge is 2.11. The minimum absolute atomic E-state index is 0.0775. The summed E-state index contributed by atoms with van der Waals surface area (Å²) >= 11 is 0. The third-order valence-electron chi connectivity index (χ3n) is 1.39. The van der Waals surface area contributed by atoms with Crippen LogP contribution >= 0.6 is 0 Å². The minimum atomic E-state index is -0.443. The molecule has 0 atom stereocenters. The summed E-state index contributed by atoms with van der Waals surface area (Å²) in [5, 5.41) is 3.67. The van der Waals surface area contributed by atoms with Crippen LogP contribution in [0.15, 0.2) is 15.5 Å². The molecule has 0 fully saturated rings. The number of rotatable bonds is 2. The molecule has 0 amide bonds. The van der Waals surface area contributed by atoms with Gasteiger partial charge in [-0.05, 0) is 13.8 Å². The highest BCUT2D eigenvalue weighted by Crippen LogP contribution is 2.04. The van der Waals surface area contributed by atoms with E-state index in [0.29, 0.717) is 5.69 Å². The zero-order valence-electron chi connectivity index (χ0n) is 6.50. The molecule has 1 aromatic heterocycles. The number of aromatic amines is 1. The second kappa shape index (κ2) is 2.79. The Balaban J connectivity index is 2.93. The Bertz CT molecular complexity index is 275. The van der Waals surface area contributed by atoms with Crippen LogP contribution in [0.1, 0.15) is 13.8 Å². The lowest BCUT2D eigenvalue weighted by molar-refractivity contribution is 0.391. The van der Waals surface area contributed by atoms with E-state index >= 15 is 0 Å². The first kappa shape index (κ1) is 7.87. The van der Waals surface area contributed by atoms with Crippen LogP contribution in [0.2, 0.25) is 0 Å². The number of nitrogens with one attached hydrogen (secondary N) is 1. The molecule has 62 valence electrons. The molecule has 1 heterocycles. The van der Waals surface area contributed by atoms with Crippen LogP contribution in [0.4, 0.5) is 5.69 Å². The van der Waals surface area contributed by atoms with E-state index in [1.165, 1.54) is 11.2 Å². The fraction of sp³-hybridized carbons (Fsp3) is 0.500. The van der Waals surface area contributed by atoms with Crippen molar-refractivity contribution in [2.75, 3.05) is 5.01 Å². The number of aromatic nitrogens is 1. The van der Waals surface area contributed by atoms with Crippen molar-refractivity contribution in [2.45, 2.75) is 19.9 Å². The summed E-state index contributed by atoms with van der Waals surface area (Å²) in [6, 6.07) is 0.0775. The third-order valence-corrected chi connectivity index (χ3v) is 1.39. The van der Waals surface area contributed by atoms with Crippen molar-refractivity contribution < 1.29 is 4.52 Å². The van der Waals surface area contributed by atoms with Crippen LogP contribution in [-0.4, -0.2) is 11.2 Å². The van der Waals surface area contributed by atoms with Crippen molar-refractivity contribution in [1.82, 2.24) is 5.16 Å². The standard InChI is InChI=1S/C6H11N3O2/c1-4(2)9(7)5-3-8-11-6(5)10/h3-4,8H,7H2,1-2H3. The number of nitrogens with two attached hydrogens (primary N) is 1. The van der Waals surface area contributed by atoms with Gasteiger partial charge in [-0.2, -0.15) is 0 Å². The first-order valence-corrected chi connectivity index (χ1v) is 3.33. The predicted octanol–water partition coefficient (Wildman–Crippen LogP) is 0.0564. The van der Waals surface area contributed by atoms with Crippen molar-refractivity contribution in [1.29, 1.82) is 0 Å². The van der Waals surface area contributed by atoms with Crippen LogP contribution in [0.5, 0.6) is 0 Å². The van der Waals surface area contributed by atoms with Crippen molar-refractivity contribution in [3.63, 3.8) is 0 Å². The summed E-state index contributed by atoms with van der Waals surface area (Å²) in [7, 11) is 0. The van der Waals surface area contributed by atoms with Gasteiger partial charge in [-0.3, -0.25) is 0 Å². The van der Waals surface area contributed by atoms with Gasteiger partial charge < -0.3 is 9.53 Å². The van der Waals surface area contributed by atoms with E-state index in [1.807, 2.05) is 13.8 Å². The molecule has 3 N–H and O–H groups in total. The van der Waals surface area contributed by atoms with E-state index in [2.05, 4.69) is 9.68 Å². The Hall–Kier alpha value is -1.23. The smallest absolute Gasteiger partial charge is 0.337 e. The first-order chi connectivity index (χ1) is 5.13. The summed E-state index contributed by atoms with van der Waals surface area (Å²) in [6.45, 7) is 3.76. The molecule has 0 bridgehead atoms. The molecule has 5 heteroatoms.